The molecule has 2 aromatic heterocycles. The van der Waals surface area contributed by atoms with Crippen LogP contribution in [-0.4, -0.2) is 15.0 Å². The molecule has 3 rings (SSSR count). The van der Waals surface area contributed by atoms with E-state index in [-0.39, 0.29) is 0 Å². The number of rotatable bonds is 2. The van der Waals surface area contributed by atoms with Crippen molar-refractivity contribution in [1.82, 2.24) is 15.0 Å². The van der Waals surface area contributed by atoms with Crippen molar-refractivity contribution >= 4 is 11.2 Å². The van der Waals surface area contributed by atoms with Crippen LogP contribution in [0.15, 0.2) is 12.3 Å². The first kappa shape index (κ1) is 9.82. The normalized spacial score (nSPS) is 18.0. The molecule has 0 saturated heterocycles. The molecular formula is C13H16N3. The molecule has 1 aliphatic carbocycles. The van der Waals surface area contributed by atoms with E-state index in [1.807, 2.05) is 6.20 Å². The second-order valence-corrected chi connectivity index (χ2v) is 4.77. The minimum absolute atomic E-state index is 0.840. The van der Waals surface area contributed by atoms with Gasteiger partial charge in [0.05, 0.1) is 0 Å². The van der Waals surface area contributed by atoms with Crippen LogP contribution >= 0.6 is 0 Å². The highest BCUT2D eigenvalue weighted by atomic mass is 14.9. The summed E-state index contributed by atoms with van der Waals surface area (Å²) >= 11 is 0. The quantitative estimate of drug-likeness (QED) is 0.835. The second-order valence-electron chi connectivity index (χ2n) is 4.77. The highest BCUT2D eigenvalue weighted by Gasteiger charge is 2.14. The van der Waals surface area contributed by atoms with E-state index in [1.54, 1.807) is 0 Å². The van der Waals surface area contributed by atoms with Crippen LogP contribution in [0.25, 0.3) is 11.2 Å². The van der Waals surface area contributed by atoms with Crippen LogP contribution in [0.2, 0.25) is 0 Å². The van der Waals surface area contributed by atoms with Gasteiger partial charge >= 0.3 is 0 Å². The molecule has 3 nitrogen and oxygen atoms in total. The van der Waals surface area contributed by atoms with Crippen LogP contribution < -0.4 is 0 Å². The zero-order valence-corrected chi connectivity index (χ0v) is 9.37. The van der Waals surface area contributed by atoms with E-state index in [0.717, 1.165) is 23.5 Å². The Labute approximate surface area is 95.3 Å². The van der Waals surface area contributed by atoms with E-state index in [0.29, 0.717) is 0 Å². The van der Waals surface area contributed by atoms with Crippen molar-refractivity contribution in [1.29, 1.82) is 0 Å². The van der Waals surface area contributed by atoms with Crippen LogP contribution in [-0.2, 0) is 6.42 Å². The summed E-state index contributed by atoms with van der Waals surface area (Å²) in [5, 5.41) is 0. The summed E-state index contributed by atoms with van der Waals surface area (Å²) in [5.74, 6) is 0.857. The molecule has 2 heterocycles. The number of aromatic amines is 1. The van der Waals surface area contributed by atoms with Gasteiger partial charge in [0, 0.05) is 6.20 Å². The highest BCUT2D eigenvalue weighted by molar-refractivity contribution is 5.69. The van der Waals surface area contributed by atoms with Gasteiger partial charge in [0.15, 0.2) is 12.0 Å². The minimum atomic E-state index is 0.840. The molecule has 1 radical (unpaired) electrons. The molecule has 16 heavy (non-hydrogen) atoms. The van der Waals surface area contributed by atoms with Gasteiger partial charge in [-0.05, 0) is 24.0 Å². The van der Waals surface area contributed by atoms with Gasteiger partial charge in [-0.3, -0.25) is 0 Å². The number of pyridine rings is 1. The molecule has 0 bridgehead atoms. The smallest absolute Gasteiger partial charge is 0.175 e. The number of nitrogens with zero attached hydrogens (tertiary/aromatic N) is 2. The van der Waals surface area contributed by atoms with Crippen LogP contribution in [0.5, 0.6) is 0 Å². The van der Waals surface area contributed by atoms with Crippen molar-refractivity contribution < 1.29 is 0 Å². The number of imidazole rings is 1. The Morgan fingerprint density at radius 2 is 2.19 bits per heavy atom. The summed E-state index contributed by atoms with van der Waals surface area (Å²) in [6.45, 7) is 0. The lowest BCUT2D eigenvalue weighted by Crippen LogP contribution is -2.09. The molecule has 83 valence electrons. The van der Waals surface area contributed by atoms with Crippen molar-refractivity contribution in [2.45, 2.75) is 38.5 Å². The number of H-pyrrole nitrogens is 1. The van der Waals surface area contributed by atoms with Gasteiger partial charge in [0.2, 0.25) is 0 Å². The molecule has 0 aromatic carbocycles. The number of fused-ring (bicyclic) bond motifs is 1. The van der Waals surface area contributed by atoms with Crippen LogP contribution in [0, 0.1) is 12.2 Å². The zero-order valence-electron chi connectivity index (χ0n) is 9.37. The fourth-order valence-corrected chi connectivity index (χ4v) is 2.65. The number of aromatic nitrogens is 3. The molecule has 1 saturated carbocycles. The third-order valence-corrected chi connectivity index (χ3v) is 3.52. The topological polar surface area (TPSA) is 41.6 Å². The van der Waals surface area contributed by atoms with Gasteiger partial charge in [-0.25, -0.2) is 9.97 Å². The van der Waals surface area contributed by atoms with E-state index in [1.165, 1.54) is 37.7 Å². The van der Waals surface area contributed by atoms with Gasteiger partial charge in [-0.2, -0.15) is 0 Å². The van der Waals surface area contributed by atoms with Gasteiger partial charge in [-0.15, -0.1) is 0 Å². The molecular weight excluding hydrogens is 198 g/mol. The van der Waals surface area contributed by atoms with Crippen molar-refractivity contribution in [3.63, 3.8) is 0 Å². The lowest BCUT2D eigenvalue weighted by molar-refractivity contribution is 0.356. The molecule has 2 aromatic rings. The Kier molecular flexibility index (Phi) is 2.60. The Morgan fingerprint density at radius 3 is 3.06 bits per heavy atom. The number of hydrogen-bond acceptors (Lipinski definition) is 2. The van der Waals surface area contributed by atoms with Gasteiger partial charge in [-0.1, -0.05) is 32.1 Å². The Bertz CT molecular complexity index is 469. The van der Waals surface area contributed by atoms with Crippen molar-refractivity contribution in [3.8, 4) is 0 Å². The third kappa shape index (κ3) is 1.94. The lowest BCUT2D eigenvalue weighted by Gasteiger charge is -2.21. The summed E-state index contributed by atoms with van der Waals surface area (Å²) in [5.41, 5.74) is 3.10. The predicted octanol–water partition coefficient (Wildman–Crippen LogP) is 2.88. The Hall–Kier alpha value is -1.38. The monoisotopic (exact) mass is 214 g/mol. The summed E-state index contributed by atoms with van der Waals surface area (Å²) < 4.78 is 0. The average Bonchev–Trinajstić information content (AvgIpc) is 2.77. The largest absolute Gasteiger partial charge is 0.320 e. The van der Waals surface area contributed by atoms with E-state index >= 15 is 0 Å². The SMILES string of the molecule is [c]1nc2cc(CC3CCCCC3)cnc2[nH]1. The summed E-state index contributed by atoms with van der Waals surface area (Å²) in [6, 6.07) is 2.14. The fourth-order valence-electron chi connectivity index (χ4n) is 2.65. The van der Waals surface area contributed by atoms with Gasteiger partial charge < -0.3 is 4.98 Å². The lowest BCUT2D eigenvalue weighted by atomic mass is 9.85. The first-order valence-corrected chi connectivity index (χ1v) is 6.12. The van der Waals surface area contributed by atoms with Crippen LogP contribution in [0.4, 0.5) is 0 Å². The van der Waals surface area contributed by atoms with E-state index in [4.69, 9.17) is 0 Å². The molecule has 0 atom stereocenters. The van der Waals surface area contributed by atoms with Gasteiger partial charge in [0.1, 0.15) is 5.52 Å². The molecule has 1 aliphatic rings. The van der Waals surface area contributed by atoms with Crippen molar-refractivity contribution in [2.24, 2.45) is 5.92 Å². The first-order valence-electron chi connectivity index (χ1n) is 6.12. The maximum Gasteiger partial charge on any atom is 0.175 e. The molecule has 0 unspecified atom stereocenters. The zero-order chi connectivity index (χ0) is 10.8. The molecule has 0 aliphatic heterocycles. The maximum atomic E-state index is 4.36. The van der Waals surface area contributed by atoms with Gasteiger partial charge in [0.25, 0.3) is 0 Å². The van der Waals surface area contributed by atoms with Crippen LogP contribution in [0.1, 0.15) is 37.7 Å². The fraction of sp³-hybridized carbons (Fsp3) is 0.538. The summed E-state index contributed by atoms with van der Waals surface area (Å²) in [4.78, 5) is 11.4. The average molecular weight is 214 g/mol. The third-order valence-electron chi connectivity index (χ3n) is 3.52. The second kappa shape index (κ2) is 4.24. The summed E-state index contributed by atoms with van der Waals surface area (Å²) in [6.07, 6.45) is 12.8. The van der Waals surface area contributed by atoms with Crippen molar-refractivity contribution in [3.05, 3.63) is 24.2 Å². The standard InChI is InChI=1S/C13H16N3/c1-2-4-10(5-3-1)6-11-7-12-13(14-8-11)16-9-15-12/h7-8,10H,1-6H2,(H,14,15,16). The number of nitrogens with one attached hydrogen (secondary N) is 1. The molecule has 0 amide bonds. The van der Waals surface area contributed by atoms with Crippen molar-refractivity contribution in [2.75, 3.05) is 0 Å². The Morgan fingerprint density at radius 1 is 1.31 bits per heavy atom. The maximum absolute atomic E-state index is 4.36. The molecule has 0 spiro atoms. The van der Waals surface area contributed by atoms with E-state index in [2.05, 4.69) is 27.3 Å². The van der Waals surface area contributed by atoms with E-state index < -0.39 is 0 Å². The summed E-state index contributed by atoms with van der Waals surface area (Å²) in [7, 11) is 0. The molecule has 1 N–H and O–H groups in total. The Balaban J connectivity index is 1.77. The highest BCUT2D eigenvalue weighted by Crippen LogP contribution is 2.27. The molecule has 3 heteroatoms. The van der Waals surface area contributed by atoms with Crippen LogP contribution in [0.3, 0.4) is 0 Å². The number of hydrogen-bond donors (Lipinski definition) is 1. The predicted molar refractivity (Wildman–Crippen MR) is 63.0 cm³/mol. The molecule has 1 fully saturated rings. The first-order chi connectivity index (χ1) is 7.92. The minimum Gasteiger partial charge on any atom is -0.320 e. The van der Waals surface area contributed by atoms with E-state index in [9.17, 15) is 0 Å².